The Morgan fingerprint density at radius 2 is 0.583 bits per heavy atom. The fraction of sp³-hybridized carbons (Fsp3) is 0.326. The lowest BCUT2D eigenvalue weighted by atomic mass is 9.87. The van der Waals surface area contributed by atoms with Crippen LogP contribution in [0.25, 0.3) is 33.4 Å². The highest BCUT2D eigenvalue weighted by Crippen LogP contribution is 2.40. The van der Waals surface area contributed by atoms with Crippen molar-refractivity contribution in [1.82, 2.24) is 19.6 Å². The Balaban J connectivity index is 0.000000166. The number of nitrogens with zero attached hydrogens (tertiary/aromatic N) is 4. The summed E-state index contributed by atoms with van der Waals surface area (Å²) in [5, 5.41) is 58.2. The summed E-state index contributed by atoms with van der Waals surface area (Å²) in [6, 6.07) is 77.8. The SMILES string of the molecule is CN1CCN(CCOc2ccc(/C(=C(/CCCO)c3ccccc3)c3ccc(O)cc3)cc2)CC1.OCCC/C(=C(\c1ccc(O)cc1)c1ccc(OCCN2CCCCC2)cc1)c1ccccc1.OCCC/C(=C(\c1ccc(O)cc1)c1ccc(OCCN2CCOCC2)cc1)c1ccccc1. The van der Waals surface area contributed by atoms with Crippen LogP contribution < -0.4 is 14.2 Å². The third-order valence-corrected chi connectivity index (χ3v) is 19.1. The molecule has 0 saturated carbocycles. The summed E-state index contributed by atoms with van der Waals surface area (Å²) >= 11 is 0. The molecule has 0 aliphatic carbocycles. The zero-order valence-electron chi connectivity index (χ0n) is 59.9. The summed E-state index contributed by atoms with van der Waals surface area (Å²) < 4.78 is 23.5. The zero-order chi connectivity index (χ0) is 71.6. The molecule has 103 heavy (non-hydrogen) atoms. The minimum Gasteiger partial charge on any atom is -0.508 e. The summed E-state index contributed by atoms with van der Waals surface area (Å²) in [6.45, 7) is 15.5. The maximum absolute atomic E-state index is 9.86. The molecule has 3 aliphatic heterocycles. The quantitative estimate of drug-likeness (QED) is 0.0235. The first-order valence-corrected chi connectivity index (χ1v) is 36.8. The number of hydrogen-bond donors (Lipinski definition) is 6. The first-order valence-electron chi connectivity index (χ1n) is 36.8. The van der Waals surface area contributed by atoms with E-state index in [-0.39, 0.29) is 37.1 Å². The Hall–Kier alpha value is -9.32. The van der Waals surface area contributed by atoms with Crippen LogP contribution in [0.15, 0.2) is 237 Å². The largest absolute Gasteiger partial charge is 0.508 e. The van der Waals surface area contributed by atoms with Gasteiger partial charge in [0, 0.05) is 78.7 Å². The number of rotatable bonds is 30. The summed E-state index contributed by atoms with van der Waals surface area (Å²) in [4.78, 5) is 9.65. The topological polar surface area (TPSA) is 171 Å². The second-order valence-corrected chi connectivity index (χ2v) is 26.4. The molecule has 0 unspecified atom stereocenters. The van der Waals surface area contributed by atoms with Gasteiger partial charge in [0.05, 0.1) is 13.2 Å². The van der Waals surface area contributed by atoms with Gasteiger partial charge in [-0.3, -0.25) is 14.7 Å². The van der Waals surface area contributed by atoms with Gasteiger partial charge in [0.25, 0.3) is 0 Å². The standard InChI is InChI=1S/C30H36N2O3.C30H35NO3.C29H33NO4/c1-31-17-19-32(20-18-31)21-23-35-28-15-11-26(12-16-28)30(25-9-13-27(34)14-10-25)29(8-5-22-33)24-6-3-2-4-7-24;32-22-7-10-29(24-8-3-1-4-9-24)30(25-11-15-27(33)16-12-25)26-13-17-28(18-14-26)34-23-21-31-19-5-2-6-20-31;31-19-4-7-28(23-5-2-1-3-6-23)29(24-8-12-26(32)13-9-24)25-10-14-27(15-11-25)34-22-18-30-16-20-33-21-17-30/h2-4,6-7,9-16,33-34H,5,8,17-23H2,1H3;1,3-4,8-9,11-18,32-33H,2,5-7,10,19-23H2;1-3,5-6,8-15,31-32H,4,7,16-22H2/b2*30-29-;29-28-. The third kappa shape index (κ3) is 23.9. The molecule has 14 nitrogen and oxygen atoms in total. The van der Waals surface area contributed by atoms with Crippen molar-refractivity contribution in [2.45, 2.75) is 57.8 Å². The van der Waals surface area contributed by atoms with Crippen molar-refractivity contribution in [3.05, 3.63) is 287 Å². The van der Waals surface area contributed by atoms with Crippen LogP contribution in [0.3, 0.4) is 0 Å². The number of benzene rings is 9. The van der Waals surface area contributed by atoms with Crippen LogP contribution >= 0.6 is 0 Å². The molecule has 0 amide bonds. The number of aliphatic hydroxyl groups excluding tert-OH is 3. The monoisotopic (exact) mass is 1390 g/mol. The van der Waals surface area contributed by atoms with E-state index in [9.17, 15) is 30.6 Å². The zero-order valence-corrected chi connectivity index (χ0v) is 59.9. The number of phenols is 3. The van der Waals surface area contributed by atoms with Crippen molar-refractivity contribution in [1.29, 1.82) is 0 Å². The third-order valence-electron chi connectivity index (χ3n) is 19.1. The molecule has 9 aromatic rings. The normalized spacial score (nSPS) is 15.3. The van der Waals surface area contributed by atoms with Gasteiger partial charge >= 0.3 is 0 Å². The maximum atomic E-state index is 9.86. The molecule has 12 rings (SSSR count). The van der Waals surface area contributed by atoms with Gasteiger partial charge in [-0.05, 0) is 228 Å². The predicted octanol–water partition coefficient (Wildman–Crippen LogP) is 15.6. The van der Waals surface area contributed by atoms with E-state index in [4.69, 9.17) is 18.9 Å². The minimum atomic E-state index is 0.134. The fourth-order valence-electron chi connectivity index (χ4n) is 13.5. The number of aromatic hydroxyl groups is 3. The Morgan fingerprint density at radius 3 is 0.874 bits per heavy atom. The molecule has 0 radical (unpaired) electrons. The van der Waals surface area contributed by atoms with Gasteiger partial charge < -0.3 is 54.5 Å². The number of aliphatic hydroxyl groups is 3. The van der Waals surface area contributed by atoms with Crippen LogP contribution in [0.1, 0.15) is 108 Å². The van der Waals surface area contributed by atoms with Gasteiger partial charge in [0.1, 0.15) is 54.3 Å². The molecule has 3 heterocycles. The van der Waals surface area contributed by atoms with E-state index in [1.807, 2.05) is 127 Å². The van der Waals surface area contributed by atoms with Crippen molar-refractivity contribution in [3.63, 3.8) is 0 Å². The highest BCUT2D eigenvalue weighted by molar-refractivity contribution is 6.01. The number of piperidine rings is 1. The van der Waals surface area contributed by atoms with Gasteiger partial charge in [0.15, 0.2) is 0 Å². The molecule has 0 atom stereocenters. The highest BCUT2D eigenvalue weighted by atomic mass is 16.5. The van der Waals surface area contributed by atoms with E-state index < -0.39 is 0 Å². The van der Waals surface area contributed by atoms with E-state index in [0.29, 0.717) is 39.1 Å². The first kappa shape index (κ1) is 76.3. The molecule has 14 heteroatoms. The molecule has 0 aromatic heterocycles. The van der Waals surface area contributed by atoms with E-state index >= 15 is 0 Å². The Kier molecular flexibility index (Phi) is 30.9. The lowest BCUT2D eigenvalue weighted by molar-refractivity contribution is 0.0322. The Morgan fingerprint density at radius 1 is 0.311 bits per heavy atom. The number of hydrogen-bond acceptors (Lipinski definition) is 14. The number of morpholine rings is 1. The van der Waals surface area contributed by atoms with E-state index in [2.05, 4.69) is 99.4 Å². The highest BCUT2D eigenvalue weighted by Gasteiger charge is 2.20. The van der Waals surface area contributed by atoms with Crippen molar-refractivity contribution in [3.8, 4) is 34.5 Å². The molecule has 6 N–H and O–H groups in total. The van der Waals surface area contributed by atoms with E-state index in [1.165, 1.54) is 49.1 Å². The molecule has 0 spiro atoms. The van der Waals surface area contributed by atoms with Gasteiger partial charge in [-0.1, -0.05) is 170 Å². The average molecular weight is 1390 g/mol. The van der Waals surface area contributed by atoms with Crippen LogP contribution in [0.5, 0.6) is 34.5 Å². The molecule has 3 fully saturated rings. The van der Waals surface area contributed by atoms with Crippen LogP contribution in [0, 0.1) is 0 Å². The average Bonchev–Trinajstić information content (AvgIpc) is 0.814. The lowest BCUT2D eigenvalue weighted by Crippen LogP contribution is -2.45. The van der Waals surface area contributed by atoms with Crippen molar-refractivity contribution in [2.75, 3.05) is 132 Å². The number of likely N-dealkylation sites (tertiary alicyclic amines) is 1. The van der Waals surface area contributed by atoms with Crippen LogP contribution in [-0.2, 0) is 4.74 Å². The lowest BCUT2D eigenvalue weighted by Gasteiger charge is -2.32. The number of likely N-dealkylation sites (N-methyl/N-ethyl adjacent to an activating group) is 1. The van der Waals surface area contributed by atoms with Gasteiger partial charge in [0.2, 0.25) is 0 Å². The second kappa shape index (κ2) is 41.7. The predicted molar refractivity (Wildman–Crippen MR) is 418 cm³/mol. The Bertz CT molecular complexity index is 3810. The van der Waals surface area contributed by atoms with Gasteiger partial charge in [-0.15, -0.1) is 0 Å². The molecule has 3 saturated heterocycles. The number of allylic oxidation sites excluding steroid dienone is 3. The molecule has 3 aliphatic rings. The van der Waals surface area contributed by atoms with Crippen molar-refractivity contribution in [2.24, 2.45) is 0 Å². The molecular formula is C89H104N4O10. The fourth-order valence-corrected chi connectivity index (χ4v) is 13.5. The van der Waals surface area contributed by atoms with Gasteiger partial charge in [-0.25, -0.2) is 0 Å². The summed E-state index contributed by atoms with van der Waals surface area (Å²) in [7, 11) is 2.17. The van der Waals surface area contributed by atoms with Crippen LogP contribution in [-0.4, -0.2) is 182 Å². The summed E-state index contributed by atoms with van der Waals surface area (Å²) in [6.07, 6.45) is 8.22. The molecule has 0 bridgehead atoms. The maximum Gasteiger partial charge on any atom is 0.119 e. The first-order chi connectivity index (χ1) is 50.6. The minimum absolute atomic E-state index is 0.134. The molecular weight excluding hydrogens is 1280 g/mol. The number of piperazine rings is 1. The van der Waals surface area contributed by atoms with Crippen molar-refractivity contribution < 1.29 is 49.6 Å². The molecule has 9 aromatic carbocycles. The van der Waals surface area contributed by atoms with Crippen LogP contribution in [0.2, 0.25) is 0 Å². The second-order valence-electron chi connectivity index (χ2n) is 26.4. The van der Waals surface area contributed by atoms with Crippen molar-refractivity contribution >= 4 is 33.4 Å². The van der Waals surface area contributed by atoms with Crippen LogP contribution in [0.4, 0.5) is 0 Å². The summed E-state index contributed by atoms with van der Waals surface area (Å²) in [5.41, 5.74) is 16.6. The Labute approximate surface area is 610 Å². The van der Waals surface area contributed by atoms with E-state index in [0.717, 1.165) is 175 Å². The number of phenolic OH excluding ortho intramolecular Hbond substituents is 3. The molecule has 540 valence electrons. The van der Waals surface area contributed by atoms with E-state index in [1.54, 1.807) is 36.4 Å². The number of ether oxygens (including phenoxy) is 4. The smallest absolute Gasteiger partial charge is 0.119 e. The summed E-state index contributed by atoms with van der Waals surface area (Å²) in [5.74, 6) is 3.32. The van der Waals surface area contributed by atoms with Gasteiger partial charge in [-0.2, -0.15) is 0 Å².